The maximum Gasteiger partial charge on any atom is 0.254 e. The number of carbonyl (C=O) groups excluding carboxylic acids is 2. The molecule has 2 aliphatic rings. The highest BCUT2D eigenvalue weighted by Crippen LogP contribution is 2.41. The molecule has 314 valence electrons. The number of carbonyl (C=O) groups is 2. The second-order valence-electron chi connectivity index (χ2n) is 18.4. The quantitative estimate of drug-likeness (QED) is 0.160. The number of hydrogen-bond acceptors (Lipinski definition) is 4. The van der Waals surface area contributed by atoms with E-state index in [1.54, 1.807) is 17.0 Å². The topological polar surface area (TPSA) is 55.9 Å². The first-order valence-electron chi connectivity index (χ1n) is 20.4. The van der Waals surface area contributed by atoms with Gasteiger partial charge in [-0.2, -0.15) is 0 Å². The monoisotopic (exact) mass is 882 g/mol. The molecule has 2 unspecified atom stereocenters. The Morgan fingerprint density at radius 1 is 0.633 bits per heavy atom. The van der Waals surface area contributed by atoms with Crippen LogP contribution in [0.1, 0.15) is 119 Å². The van der Waals surface area contributed by atoms with Gasteiger partial charge in [-0.25, -0.2) is 0 Å². The molecule has 2 heterocycles. The van der Waals surface area contributed by atoms with E-state index in [0.717, 1.165) is 70.7 Å². The molecule has 1 N–H and O–H groups in total. The zero-order valence-electron chi connectivity index (χ0n) is 35.9. The highest BCUT2D eigenvalue weighted by Gasteiger charge is 2.41. The summed E-state index contributed by atoms with van der Waals surface area (Å²) < 4.78 is 0. The fraction of sp³-hybridized carbons (Fsp3) is 0.360. The normalized spacial score (nSPS) is 17.5. The number of nitrogens with zero attached hydrogens (tertiary/aromatic N) is 3. The van der Waals surface area contributed by atoms with Gasteiger partial charge in [0, 0.05) is 87.2 Å². The number of benzene rings is 5. The number of hydrogen-bond donors (Lipinski definition) is 1. The molecule has 0 fully saturated rings. The zero-order chi connectivity index (χ0) is 43.5. The molecule has 0 aromatic heterocycles. The van der Waals surface area contributed by atoms with Gasteiger partial charge in [0.15, 0.2) is 0 Å². The molecule has 6 nitrogen and oxygen atoms in total. The summed E-state index contributed by atoms with van der Waals surface area (Å²) in [5.41, 5.74) is 8.10. The number of likely N-dealkylation sites (N-methyl/N-ethyl adjacent to an activating group) is 2. The number of fused-ring (bicyclic) bond motifs is 2. The number of halogens is 4. The van der Waals surface area contributed by atoms with Gasteiger partial charge < -0.3 is 20.0 Å². The van der Waals surface area contributed by atoms with Crippen LogP contribution in [0.15, 0.2) is 97.1 Å². The Morgan fingerprint density at radius 2 is 1.08 bits per heavy atom. The lowest BCUT2D eigenvalue weighted by molar-refractivity contribution is 0.0621. The Bertz CT molecular complexity index is 2440. The molecule has 5 aromatic rings. The Kier molecular flexibility index (Phi) is 12.3. The first kappa shape index (κ1) is 44.2. The number of nitrogens with one attached hydrogen (secondary N) is 1. The van der Waals surface area contributed by atoms with Gasteiger partial charge in [-0.3, -0.25) is 9.59 Å². The summed E-state index contributed by atoms with van der Waals surface area (Å²) in [6.07, 6.45) is 0. The van der Waals surface area contributed by atoms with E-state index in [2.05, 4.69) is 89.0 Å². The molecule has 60 heavy (non-hydrogen) atoms. The minimum absolute atomic E-state index is 0.0746. The third-order valence-corrected chi connectivity index (χ3v) is 14.7. The summed E-state index contributed by atoms with van der Waals surface area (Å²) in [6.45, 7) is 15.7. The van der Waals surface area contributed by atoms with Gasteiger partial charge in [-0.05, 0) is 135 Å². The predicted molar refractivity (Wildman–Crippen MR) is 248 cm³/mol. The SMILES string of the molecule is CN1Cc2c(Cl)cc(Cl)cc2C(c2ccc(C(=O)NC(C)(C)C(C)(C)c3cccc(C(C)(C)N(C)C(=O)c4ccc(C5CN(C)Cc6c(Cl)cc(Cl)cc65)cc4)c3)cc2)C1. The van der Waals surface area contributed by atoms with Crippen molar-refractivity contribution in [2.45, 2.75) is 83.0 Å². The van der Waals surface area contributed by atoms with E-state index in [1.807, 2.05) is 73.8 Å². The molecule has 2 aliphatic heterocycles. The van der Waals surface area contributed by atoms with E-state index >= 15 is 0 Å². The van der Waals surface area contributed by atoms with Crippen LogP contribution in [0.4, 0.5) is 0 Å². The van der Waals surface area contributed by atoms with Crippen molar-refractivity contribution in [3.8, 4) is 0 Å². The Hall–Kier alpha value is -3.88. The zero-order valence-corrected chi connectivity index (χ0v) is 38.9. The van der Waals surface area contributed by atoms with E-state index in [4.69, 9.17) is 46.4 Å². The first-order chi connectivity index (χ1) is 28.2. The van der Waals surface area contributed by atoms with Crippen LogP contribution in [-0.4, -0.2) is 66.3 Å². The fourth-order valence-electron chi connectivity index (χ4n) is 8.79. The van der Waals surface area contributed by atoms with Crippen LogP contribution in [0.3, 0.4) is 0 Å². The molecule has 0 radical (unpaired) electrons. The standard InChI is InChI=1S/C50H54Cl4N4O2/c1-48(2,50(5,6)55-46(59)32-17-13-30(14-18-32)40-26-56(7)28-42-38(40)22-36(51)24-44(42)53)34-11-10-12-35(21-34)49(3,4)58(9)47(60)33-19-15-31(16-20-33)41-27-57(8)29-43-39(41)23-37(52)25-45(43)54/h10-25,40-41H,26-29H2,1-9H3,(H,55,59). The van der Waals surface area contributed by atoms with Crippen LogP contribution in [0.5, 0.6) is 0 Å². The van der Waals surface area contributed by atoms with Crippen molar-refractivity contribution in [1.29, 1.82) is 0 Å². The fourth-order valence-corrected chi connectivity index (χ4v) is 9.93. The van der Waals surface area contributed by atoms with Crippen molar-refractivity contribution in [2.24, 2.45) is 0 Å². The molecule has 2 atom stereocenters. The van der Waals surface area contributed by atoms with Crippen molar-refractivity contribution in [3.05, 3.63) is 173 Å². The van der Waals surface area contributed by atoms with Crippen molar-refractivity contribution < 1.29 is 9.59 Å². The molecule has 0 saturated carbocycles. The Morgan fingerprint density at radius 3 is 1.57 bits per heavy atom. The second-order valence-corrected chi connectivity index (χ2v) is 20.0. The van der Waals surface area contributed by atoms with E-state index in [9.17, 15) is 9.59 Å². The molecule has 0 aliphatic carbocycles. The lowest BCUT2D eigenvalue weighted by atomic mass is 9.68. The van der Waals surface area contributed by atoms with Crippen LogP contribution in [0, 0.1) is 0 Å². The van der Waals surface area contributed by atoms with Gasteiger partial charge in [-0.15, -0.1) is 0 Å². The molecule has 10 heteroatoms. The lowest BCUT2D eigenvalue weighted by Gasteiger charge is -2.44. The van der Waals surface area contributed by atoms with Gasteiger partial charge in [0.1, 0.15) is 0 Å². The first-order valence-corrected chi connectivity index (χ1v) is 21.9. The molecular weight excluding hydrogens is 830 g/mol. The summed E-state index contributed by atoms with van der Waals surface area (Å²) in [5.74, 6) is -0.0499. The van der Waals surface area contributed by atoms with Gasteiger partial charge in [-0.1, -0.05) is 109 Å². The van der Waals surface area contributed by atoms with E-state index in [1.165, 1.54) is 0 Å². The third-order valence-electron chi connectivity index (χ3n) is 13.5. The van der Waals surface area contributed by atoms with Crippen LogP contribution in [0.2, 0.25) is 20.1 Å². The molecular formula is C50H54Cl4N4O2. The Labute approximate surface area is 375 Å². The average molecular weight is 885 g/mol. The molecule has 0 saturated heterocycles. The highest BCUT2D eigenvalue weighted by molar-refractivity contribution is 6.35. The largest absolute Gasteiger partial charge is 0.346 e. The average Bonchev–Trinajstić information content (AvgIpc) is 3.20. The van der Waals surface area contributed by atoms with Gasteiger partial charge in [0.25, 0.3) is 11.8 Å². The number of rotatable bonds is 9. The summed E-state index contributed by atoms with van der Waals surface area (Å²) >= 11 is 26.1. The van der Waals surface area contributed by atoms with Gasteiger partial charge >= 0.3 is 0 Å². The maximum absolute atomic E-state index is 14.1. The van der Waals surface area contributed by atoms with Crippen molar-refractivity contribution in [2.75, 3.05) is 34.2 Å². The van der Waals surface area contributed by atoms with Gasteiger partial charge in [0.2, 0.25) is 0 Å². The lowest BCUT2D eigenvalue weighted by Crippen LogP contribution is -2.56. The predicted octanol–water partition coefficient (Wildman–Crippen LogP) is 11.9. The van der Waals surface area contributed by atoms with Crippen LogP contribution in [-0.2, 0) is 24.0 Å². The van der Waals surface area contributed by atoms with Crippen LogP contribution in [0.25, 0.3) is 0 Å². The summed E-state index contributed by atoms with van der Waals surface area (Å²) in [4.78, 5) is 34.3. The molecule has 0 bridgehead atoms. The minimum Gasteiger partial charge on any atom is -0.346 e. The molecule has 5 aromatic carbocycles. The maximum atomic E-state index is 14.1. The summed E-state index contributed by atoms with van der Waals surface area (Å²) in [7, 11) is 6.04. The van der Waals surface area contributed by atoms with Crippen molar-refractivity contribution >= 4 is 58.2 Å². The minimum atomic E-state index is -0.655. The van der Waals surface area contributed by atoms with Crippen molar-refractivity contribution in [3.63, 3.8) is 0 Å². The molecule has 0 spiro atoms. The Balaban J connectivity index is 1.05. The van der Waals surface area contributed by atoms with E-state index in [0.29, 0.717) is 31.2 Å². The van der Waals surface area contributed by atoms with Crippen LogP contribution < -0.4 is 5.32 Å². The van der Waals surface area contributed by atoms with E-state index in [-0.39, 0.29) is 23.7 Å². The summed E-state index contributed by atoms with van der Waals surface area (Å²) in [5, 5.41) is 5.96. The molecule has 2 amide bonds. The highest BCUT2D eigenvalue weighted by atomic mass is 35.5. The second kappa shape index (κ2) is 16.8. The summed E-state index contributed by atoms with van der Waals surface area (Å²) in [6, 6.07) is 31.8. The third kappa shape index (κ3) is 8.49. The van der Waals surface area contributed by atoms with Gasteiger partial charge in [0.05, 0.1) is 5.54 Å². The van der Waals surface area contributed by atoms with Crippen molar-refractivity contribution in [1.82, 2.24) is 20.0 Å². The van der Waals surface area contributed by atoms with Crippen LogP contribution >= 0.6 is 46.4 Å². The number of amides is 2. The molecule has 7 rings (SSSR count). The smallest absolute Gasteiger partial charge is 0.254 e. The van der Waals surface area contributed by atoms with E-state index < -0.39 is 16.5 Å².